The van der Waals surface area contributed by atoms with Gasteiger partial charge in [0.25, 0.3) is 0 Å². The number of unbranched alkanes of at least 4 members (excludes halogenated alkanes) is 1. The lowest BCUT2D eigenvalue weighted by molar-refractivity contribution is 0.760. The molecule has 0 saturated heterocycles. The summed E-state index contributed by atoms with van der Waals surface area (Å²) in [5.74, 6) is 1.19. The van der Waals surface area contributed by atoms with E-state index in [2.05, 4.69) is 29.6 Å². The molecule has 2 nitrogen and oxygen atoms in total. The minimum atomic E-state index is 1.02. The number of nitrogens with zero attached hydrogens (tertiary/aromatic N) is 2. The van der Waals surface area contributed by atoms with Gasteiger partial charge in [-0.1, -0.05) is 13.3 Å². The van der Waals surface area contributed by atoms with E-state index in [1.807, 2.05) is 18.1 Å². The molecule has 0 saturated carbocycles. The fourth-order valence-corrected chi connectivity index (χ4v) is 1.88. The molecule has 0 aliphatic carbocycles. The van der Waals surface area contributed by atoms with Crippen LogP contribution in [-0.4, -0.2) is 15.3 Å². The maximum Gasteiger partial charge on any atom is 0.114 e. The summed E-state index contributed by atoms with van der Waals surface area (Å²) in [4.78, 5) is 4.28. The van der Waals surface area contributed by atoms with Crippen LogP contribution in [0.4, 0.5) is 0 Å². The molecule has 1 aromatic heterocycles. The molecule has 0 unspecified atom stereocenters. The predicted molar refractivity (Wildman–Crippen MR) is 53.5 cm³/mol. The number of aryl methyl sites for hydroxylation is 1. The Hall–Kier alpha value is -0.440. The topological polar surface area (TPSA) is 17.8 Å². The van der Waals surface area contributed by atoms with Crippen molar-refractivity contribution >= 4 is 11.8 Å². The van der Waals surface area contributed by atoms with Crippen molar-refractivity contribution in [2.24, 2.45) is 0 Å². The Bertz CT molecular complexity index is 220. The molecule has 0 aliphatic rings. The largest absolute Gasteiger partial charge is 0.337 e. The monoisotopic (exact) mass is 184 g/mol. The van der Waals surface area contributed by atoms with Crippen LogP contribution in [0.15, 0.2) is 17.6 Å². The van der Waals surface area contributed by atoms with E-state index in [1.54, 1.807) is 0 Å². The highest BCUT2D eigenvalue weighted by molar-refractivity contribution is 7.99. The second-order valence-corrected chi connectivity index (χ2v) is 3.86. The van der Waals surface area contributed by atoms with Gasteiger partial charge in [-0.3, -0.25) is 0 Å². The van der Waals surface area contributed by atoms with Crippen molar-refractivity contribution < 1.29 is 0 Å². The van der Waals surface area contributed by atoms with Gasteiger partial charge >= 0.3 is 0 Å². The van der Waals surface area contributed by atoms with Gasteiger partial charge in [0.2, 0.25) is 0 Å². The van der Waals surface area contributed by atoms with Crippen LogP contribution in [0.25, 0.3) is 0 Å². The Morgan fingerprint density at radius 3 is 2.92 bits per heavy atom. The van der Waals surface area contributed by atoms with Gasteiger partial charge in [-0.05, 0) is 19.1 Å². The van der Waals surface area contributed by atoms with Crippen LogP contribution < -0.4 is 0 Å². The van der Waals surface area contributed by atoms with E-state index >= 15 is 0 Å². The van der Waals surface area contributed by atoms with E-state index in [9.17, 15) is 0 Å². The van der Waals surface area contributed by atoms with Crippen molar-refractivity contribution in [1.29, 1.82) is 0 Å². The number of hydrogen-bond acceptors (Lipinski definition) is 2. The normalized spacial score (nSPS) is 10.5. The van der Waals surface area contributed by atoms with E-state index < -0.39 is 0 Å². The summed E-state index contributed by atoms with van der Waals surface area (Å²) in [5, 5.41) is 1.16. The van der Waals surface area contributed by atoms with Crippen LogP contribution in [0.5, 0.6) is 0 Å². The smallest absolute Gasteiger partial charge is 0.114 e. The first-order valence-electron chi connectivity index (χ1n) is 4.51. The number of thioether (sulfide) groups is 1. The van der Waals surface area contributed by atoms with Gasteiger partial charge in [0.05, 0.1) is 6.33 Å². The maximum absolute atomic E-state index is 4.28. The van der Waals surface area contributed by atoms with Gasteiger partial charge in [0, 0.05) is 12.7 Å². The van der Waals surface area contributed by atoms with Crippen molar-refractivity contribution in [3.05, 3.63) is 12.5 Å². The van der Waals surface area contributed by atoms with E-state index in [1.165, 1.54) is 18.6 Å². The zero-order valence-corrected chi connectivity index (χ0v) is 8.60. The van der Waals surface area contributed by atoms with Crippen molar-refractivity contribution in [2.45, 2.75) is 38.3 Å². The van der Waals surface area contributed by atoms with E-state index in [4.69, 9.17) is 0 Å². The lowest BCUT2D eigenvalue weighted by Gasteiger charge is -1.94. The van der Waals surface area contributed by atoms with Crippen LogP contribution in [0, 0.1) is 0 Å². The lowest BCUT2D eigenvalue weighted by atomic mass is 10.4. The SMILES string of the molecule is CCCCSc1cn(CC)cn1. The predicted octanol–water partition coefficient (Wildman–Crippen LogP) is 2.80. The Kier molecular flexibility index (Phi) is 4.22. The van der Waals surface area contributed by atoms with E-state index in [0.29, 0.717) is 0 Å². The van der Waals surface area contributed by atoms with Crippen molar-refractivity contribution in [1.82, 2.24) is 9.55 Å². The molecule has 0 radical (unpaired) electrons. The molecule has 1 aromatic rings. The molecule has 3 heteroatoms. The minimum absolute atomic E-state index is 1.02. The number of hydrogen-bond donors (Lipinski definition) is 0. The molecule has 68 valence electrons. The molecule has 0 aromatic carbocycles. The molecular weight excluding hydrogens is 168 g/mol. The van der Waals surface area contributed by atoms with Crippen LogP contribution in [0.3, 0.4) is 0 Å². The third kappa shape index (κ3) is 2.89. The molecule has 0 amide bonds. The molecule has 0 atom stereocenters. The molecule has 12 heavy (non-hydrogen) atoms. The van der Waals surface area contributed by atoms with Crippen molar-refractivity contribution in [3.63, 3.8) is 0 Å². The molecule has 1 heterocycles. The first-order valence-corrected chi connectivity index (χ1v) is 5.50. The zero-order valence-electron chi connectivity index (χ0n) is 7.79. The molecule has 0 N–H and O–H groups in total. The lowest BCUT2D eigenvalue weighted by Crippen LogP contribution is -1.86. The summed E-state index contributed by atoms with van der Waals surface area (Å²) in [6.07, 6.45) is 6.56. The number of rotatable bonds is 5. The van der Waals surface area contributed by atoms with Gasteiger partial charge in [-0.25, -0.2) is 4.98 Å². The summed E-state index contributed by atoms with van der Waals surface area (Å²) < 4.78 is 2.11. The Labute approximate surface area is 78.4 Å². The summed E-state index contributed by atoms with van der Waals surface area (Å²) in [6.45, 7) is 5.36. The number of imidazole rings is 1. The van der Waals surface area contributed by atoms with Crippen LogP contribution >= 0.6 is 11.8 Å². The van der Waals surface area contributed by atoms with E-state index in [-0.39, 0.29) is 0 Å². The van der Waals surface area contributed by atoms with Crippen molar-refractivity contribution in [3.8, 4) is 0 Å². The van der Waals surface area contributed by atoms with Gasteiger partial charge < -0.3 is 4.57 Å². The summed E-state index contributed by atoms with van der Waals surface area (Å²) >= 11 is 1.85. The molecule has 1 rings (SSSR count). The minimum Gasteiger partial charge on any atom is -0.337 e. The Balaban J connectivity index is 2.31. The average Bonchev–Trinajstić information content (AvgIpc) is 2.53. The standard InChI is InChI=1S/C9H16N2S/c1-3-5-6-12-9-7-11(4-2)8-10-9/h7-8H,3-6H2,1-2H3. The van der Waals surface area contributed by atoms with Gasteiger partial charge in [0.1, 0.15) is 5.03 Å². The Morgan fingerprint density at radius 2 is 2.33 bits per heavy atom. The molecule has 0 aliphatic heterocycles. The van der Waals surface area contributed by atoms with E-state index in [0.717, 1.165) is 11.6 Å². The summed E-state index contributed by atoms with van der Waals surface area (Å²) in [5.41, 5.74) is 0. The van der Waals surface area contributed by atoms with Gasteiger partial charge in [0.15, 0.2) is 0 Å². The van der Waals surface area contributed by atoms with Crippen LogP contribution in [0.1, 0.15) is 26.7 Å². The van der Waals surface area contributed by atoms with Crippen LogP contribution in [-0.2, 0) is 6.54 Å². The van der Waals surface area contributed by atoms with Gasteiger partial charge in [-0.15, -0.1) is 11.8 Å². The zero-order chi connectivity index (χ0) is 8.81. The fraction of sp³-hybridized carbons (Fsp3) is 0.667. The molecule has 0 bridgehead atoms. The molecular formula is C9H16N2S. The second kappa shape index (κ2) is 5.25. The Morgan fingerprint density at radius 1 is 1.50 bits per heavy atom. The second-order valence-electron chi connectivity index (χ2n) is 2.74. The third-order valence-corrected chi connectivity index (χ3v) is 2.72. The summed E-state index contributed by atoms with van der Waals surface area (Å²) in [7, 11) is 0. The molecule has 0 fully saturated rings. The first kappa shape index (κ1) is 9.65. The third-order valence-electron chi connectivity index (χ3n) is 1.72. The van der Waals surface area contributed by atoms with Crippen LogP contribution in [0.2, 0.25) is 0 Å². The van der Waals surface area contributed by atoms with Crippen molar-refractivity contribution in [2.75, 3.05) is 5.75 Å². The average molecular weight is 184 g/mol. The van der Waals surface area contributed by atoms with Gasteiger partial charge in [-0.2, -0.15) is 0 Å². The highest BCUT2D eigenvalue weighted by atomic mass is 32.2. The fourth-order valence-electron chi connectivity index (χ4n) is 0.908. The highest BCUT2D eigenvalue weighted by Crippen LogP contribution is 2.16. The number of aromatic nitrogens is 2. The molecule has 0 spiro atoms. The highest BCUT2D eigenvalue weighted by Gasteiger charge is 1.96. The summed E-state index contributed by atoms with van der Waals surface area (Å²) in [6, 6.07) is 0. The quantitative estimate of drug-likeness (QED) is 0.517. The first-order chi connectivity index (χ1) is 5.86. The maximum atomic E-state index is 4.28.